The highest BCUT2D eigenvalue weighted by Gasteiger charge is 2.15. The molecule has 0 radical (unpaired) electrons. The van der Waals surface area contributed by atoms with Gasteiger partial charge in [-0.05, 0) is 18.2 Å². The largest absolute Gasteiger partial charge is 0.488 e. The monoisotopic (exact) mass is 292 g/mol. The normalized spacial score (nSPS) is 10.3. The van der Waals surface area contributed by atoms with E-state index in [9.17, 15) is 10.1 Å². The molecule has 0 aliphatic heterocycles. The number of halogens is 1. The number of nitro groups is 1. The Kier molecular flexibility index (Phi) is 4.55. The van der Waals surface area contributed by atoms with Gasteiger partial charge in [-0.3, -0.25) is 10.1 Å². The molecule has 2 aromatic rings. The molecule has 20 heavy (non-hydrogen) atoms. The number of nitro benzene ring substituents is 1. The molecule has 0 saturated carbocycles. The number of hydrogen-bond donors (Lipinski definition) is 1. The van der Waals surface area contributed by atoms with Gasteiger partial charge in [-0.2, -0.15) is 0 Å². The van der Waals surface area contributed by atoms with Gasteiger partial charge < -0.3 is 10.5 Å². The van der Waals surface area contributed by atoms with Crippen molar-refractivity contribution in [3.63, 3.8) is 0 Å². The lowest BCUT2D eigenvalue weighted by Crippen LogP contribution is -2.04. The standard InChI is InChI=1S/C14H13ClN2O3/c15-12-6-5-11(13(7-12)17(18)19)9-20-14-4-2-1-3-10(14)8-16/h1-7H,8-9,16H2. The van der Waals surface area contributed by atoms with E-state index in [1.54, 1.807) is 18.2 Å². The molecular weight excluding hydrogens is 280 g/mol. The Morgan fingerprint density at radius 2 is 1.95 bits per heavy atom. The lowest BCUT2D eigenvalue weighted by molar-refractivity contribution is -0.385. The highest BCUT2D eigenvalue weighted by molar-refractivity contribution is 6.30. The van der Waals surface area contributed by atoms with Crippen molar-refractivity contribution in [3.05, 3.63) is 68.7 Å². The van der Waals surface area contributed by atoms with E-state index in [2.05, 4.69) is 0 Å². The van der Waals surface area contributed by atoms with Crippen molar-refractivity contribution in [1.29, 1.82) is 0 Å². The van der Waals surface area contributed by atoms with E-state index in [0.717, 1.165) is 5.56 Å². The lowest BCUT2D eigenvalue weighted by atomic mass is 10.2. The van der Waals surface area contributed by atoms with Crippen LogP contribution in [0.15, 0.2) is 42.5 Å². The van der Waals surface area contributed by atoms with E-state index >= 15 is 0 Å². The summed E-state index contributed by atoms with van der Waals surface area (Å²) in [6.07, 6.45) is 0. The van der Waals surface area contributed by atoms with Crippen LogP contribution in [0, 0.1) is 10.1 Å². The Morgan fingerprint density at radius 3 is 2.65 bits per heavy atom. The summed E-state index contributed by atoms with van der Waals surface area (Å²) in [5, 5.41) is 11.3. The van der Waals surface area contributed by atoms with Crippen LogP contribution in [0.25, 0.3) is 0 Å². The first-order chi connectivity index (χ1) is 9.61. The quantitative estimate of drug-likeness (QED) is 0.677. The van der Waals surface area contributed by atoms with E-state index in [-0.39, 0.29) is 12.3 Å². The van der Waals surface area contributed by atoms with Crippen LogP contribution in [0.3, 0.4) is 0 Å². The molecular formula is C14H13ClN2O3. The Bertz CT molecular complexity index is 632. The number of benzene rings is 2. The van der Waals surface area contributed by atoms with Crippen LogP contribution in [0.4, 0.5) is 5.69 Å². The maximum absolute atomic E-state index is 11.0. The molecule has 104 valence electrons. The fraction of sp³-hybridized carbons (Fsp3) is 0.143. The molecule has 0 aromatic heterocycles. The van der Waals surface area contributed by atoms with Crippen molar-refractivity contribution in [2.75, 3.05) is 0 Å². The number of ether oxygens (including phenoxy) is 1. The lowest BCUT2D eigenvalue weighted by Gasteiger charge is -2.10. The number of hydrogen-bond acceptors (Lipinski definition) is 4. The number of rotatable bonds is 5. The molecule has 5 nitrogen and oxygen atoms in total. The molecule has 0 amide bonds. The Morgan fingerprint density at radius 1 is 1.20 bits per heavy atom. The molecule has 0 aliphatic carbocycles. The molecule has 0 saturated heterocycles. The van der Waals surface area contributed by atoms with Crippen molar-refractivity contribution in [2.45, 2.75) is 13.2 Å². The van der Waals surface area contributed by atoms with Gasteiger partial charge >= 0.3 is 0 Å². The van der Waals surface area contributed by atoms with Crippen molar-refractivity contribution in [1.82, 2.24) is 0 Å². The SMILES string of the molecule is NCc1ccccc1OCc1ccc(Cl)cc1[N+](=O)[O-]. The summed E-state index contributed by atoms with van der Waals surface area (Å²) in [7, 11) is 0. The van der Waals surface area contributed by atoms with Crippen LogP contribution in [0.2, 0.25) is 5.02 Å². The second kappa shape index (κ2) is 6.36. The molecule has 0 atom stereocenters. The fourth-order valence-corrected chi connectivity index (χ4v) is 1.96. The van der Waals surface area contributed by atoms with E-state index < -0.39 is 4.92 Å². The molecule has 0 fully saturated rings. The molecule has 2 N–H and O–H groups in total. The predicted molar refractivity (Wildman–Crippen MR) is 76.8 cm³/mol. The number of nitrogens with two attached hydrogens (primary N) is 1. The highest BCUT2D eigenvalue weighted by atomic mass is 35.5. The van der Waals surface area contributed by atoms with Crippen LogP contribution in [-0.4, -0.2) is 4.92 Å². The summed E-state index contributed by atoms with van der Waals surface area (Å²) in [6, 6.07) is 11.8. The average molecular weight is 293 g/mol. The van der Waals surface area contributed by atoms with Gasteiger partial charge in [0.1, 0.15) is 12.4 Å². The predicted octanol–water partition coefficient (Wildman–Crippen LogP) is 3.29. The zero-order valence-corrected chi connectivity index (χ0v) is 11.3. The Balaban J connectivity index is 2.21. The minimum absolute atomic E-state index is 0.0530. The van der Waals surface area contributed by atoms with Crippen molar-refractivity contribution in [2.24, 2.45) is 5.73 Å². The van der Waals surface area contributed by atoms with Crippen molar-refractivity contribution >= 4 is 17.3 Å². The third-order valence-electron chi connectivity index (χ3n) is 2.82. The van der Waals surface area contributed by atoms with Crippen LogP contribution >= 0.6 is 11.6 Å². The molecule has 0 heterocycles. The van der Waals surface area contributed by atoms with Gasteiger partial charge in [0.25, 0.3) is 5.69 Å². The molecule has 0 aliphatic rings. The summed E-state index contributed by atoms with van der Waals surface area (Å²) >= 11 is 5.76. The van der Waals surface area contributed by atoms with Crippen molar-refractivity contribution in [3.8, 4) is 5.75 Å². The molecule has 0 unspecified atom stereocenters. The van der Waals surface area contributed by atoms with Gasteiger partial charge in [-0.15, -0.1) is 0 Å². The minimum Gasteiger partial charge on any atom is -0.488 e. The molecule has 0 spiro atoms. The van der Waals surface area contributed by atoms with Gasteiger partial charge in [-0.25, -0.2) is 0 Å². The summed E-state index contributed by atoms with van der Waals surface area (Å²) < 4.78 is 5.62. The van der Waals surface area contributed by atoms with Gasteiger partial charge in [0.05, 0.1) is 10.5 Å². The third-order valence-corrected chi connectivity index (χ3v) is 3.05. The van der Waals surface area contributed by atoms with Crippen LogP contribution < -0.4 is 10.5 Å². The summed E-state index contributed by atoms with van der Waals surface area (Å²) in [5.74, 6) is 0.624. The zero-order valence-electron chi connectivity index (χ0n) is 10.6. The first-order valence-corrected chi connectivity index (χ1v) is 6.33. The summed E-state index contributed by atoms with van der Waals surface area (Å²) in [6.45, 7) is 0.434. The van der Waals surface area contributed by atoms with Crippen LogP contribution in [0.5, 0.6) is 5.75 Å². The van der Waals surface area contributed by atoms with Crippen molar-refractivity contribution < 1.29 is 9.66 Å². The smallest absolute Gasteiger partial charge is 0.277 e. The second-order valence-electron chi connectivity index (χ2n) is 4.13. The second-order valence-corrected chi connectivity index (χ2v) is 4.57. The van der Waals surface area contributed by atoms with E-state index in [1.807, 2.05) is 18.2 Å². The topological polar surface area (TPSA) is 78.4 Å². The molecule has 0 bridgehead atoms. The highest BCUT2D eigenvalue weighted by Crippen LogP contribution is 2.25. The molecule has 2 aromatic carbocycles. The van der Waals surface area contributed by atoms with E-state index in [0.29, 0.717) is 22.9 Å². The third kappa shape index (κ3) is 3.26. The van der Waals surface area contributed by atoms with Crippen LogP contribution in [-0.2, 0) is 13.2 Å². The summed E-state index contributed by atoms with van der Waals surface area (Å²) in [5.41, 5.74) is 6.87. The fourth-order valence-electron chi connectivity index (χ4n) is 1.80. The molecule has 6 heteroatoms. The Hall–Kier alpha value is -2.11. The van der Waals surface area contributed by atoms with Gasteiger partial charge in [0.15, 0.2) is 0 Å². The number of para-hydroxylation sites is 1. The zero-order chi connectivity index (χ0) is 14.5. The maximum atomic E-state index is 11.0. The minimum atomic E-state index is -0.473. The maximum Gasteiger partial charge on any atom is 0.277 e. The van der Waals surface area contributed by atoms with Gasteiger partial charge in [-0.1, -0.05) is 29.8 Å². The summed E-state index contributed by atoms with van der Waals surface area (Å²) in [4.78, 5) is 10.5. The van der Waals surface area contributed by atoms with E-state index in [4.69, 9.17) is 22.1 Å². The Labute approximate surface area is 121 Å². The first-order valence-electron chi connectivity index (χ1n) is 5.95. The average Bonchev–Trinajstić information content (AvgIpc) is 2.46. The van der Waals surface area contributed by atoms with Gasteiger partial charge in [0.2, 0.25) is 0 Å². The van der Waals surface area contributed by atoms with E-state index in [1.165, 1.54) is 6.07 Å². The number of nitrogens with zero attached hydrogens (tertiary/aromatic N) is 1. The molecule has 2 rings (SSSR count). The first kappa shape index (κ1) is 14.3. The van der Waals surface area contributed by atoms with Crippen LogP contribution in [0.1, 0.15) is 11.1 Å². The van der Waals surface area contributed by atoms with Gasteiger partial charge in [0, 0.05) is 23.2 Å².